The third kappa shape index (κ3) is 7.27. The molecular weight excluding hydrogens is 565 g/mol. The summed E-state index contributed by atoms with van der Waals surface area (Å²) in [6, 6.07) is 18.5. The van der Waals surface area contributed by atoms with Crippen LogP contribution in [0.3, 0.4) is 0 Å². The SMILES string of the molecule is COc1ccc(C(=O)NCC(=O)N/N=C/c2ccc(OC(=O)c3ccccc3I)cc2)cc1OC. The van der Waals surface area contributed by atoms with E-state index in [2.05, 4.69) is 38.4 Å². The number of amides is 2. The molecule has 0 heterocycles. The summed E-state index contributed by atoms with van der Waals surface area (Å²) in [5.41, 5.74) is 3.82. The van der Waals surface area contributed by atoms with Gasteiger partial charge in [0.2, 0.25) is 0 Å². The van der Waals surface area contributed by atoms with Crippen LogP contribution in [0.5, 0.6) is 17.2 Å². The molecule has 3 rings (SSSR count). The van der Waals surface area contributed by atoms with Crippen LogP contribution in [0.2, 0.25) is 0 Å². The summed E-state index contributed by atoms with van der Waals surface area (Å²) < 4.78 is 16.5. The van der Waals surface area contributed by atoms with Gasteiger partial charge in [0.15, 0.2) is 11.5 Å². The number of nitrogens with zero attached hydrogens (tertiary/aromatic N) is 1. The van der Waals surface area contributed by atoms with Gasteiger partial charge < -0.3 is 19.5 Å². The van der Waals surface area contributed by atoms with E-state index in [-0.39, 0.29) is 6.54 Å². The Bertz CT molecular complexity index is 1240. The Labute approximate surface area is 215 Å². The predicted molar refractivity (Wildman–Crippen MR) is 138 cm³/mol. The van der Waals surface area contributed by atoms with Crippen LogP contribution in [-0.4, -0.2) is 44.8 Å². The Hall–Kier alpha value is -3.93. The van der Waals surface area contributed by atoms with E-state index in [0.29, 0.717) is 33.9 Å². The van der Waals surface area contributed by atoms with Gasteiger partial charge in [-0.2, -0.15) is 5.10 Å². The third-order valence-electron chi connectivity index (χ3n) is 4.64. The lowest BCUT2D eigenvalue weighted by Gasteiger charge is -2.09. The standard InChI is InChI=1S/C25H22IN3O6/c1-33-21-12-9-17(13-22(21)34-2)24(31)27-15-23(30)29-28-14-16-7-10-18(11-8-16)35-25(32)19-5-3-4-6-20(19)26/h3-14H,15H2,1-2H3,(H,27,31)(H,29,30)/b28-14+. The number of hydrogen-bond acceptors (Lipinski definition) is 7. The van der Waals surface area contributed by atoms with E-state index in [9.17, 15) is 14.4 Å². The van der Waals surface area contributed by atoms with Gasteiger partial charge in [0.05, 0.1) is 32.5 Å². The maximum absolute atomic E-state index is 12.3. The van der Waals surface area contributed by atoms with Crippen molar-refractivity contribution in [2.45, 2.75) is 0 Å². The fraction of sp³-hybridized carbons (Fsp3) is 0.120. The molecule has 0 unspecified atom stereocenters. The molecule has 0 aromatic heterocycles. The second-order valence-corrected chi connectivity index (χ2v) is 8.15. The summed E-state index contributed by atoms with van der Waals surface area (Å²) in [4.78, 5) is 36.5. The van der Waals surface area contributed by atoms with Crippen molar-refractivity contribution in [2.24, 2.45) is 5.10 Å². The number of carbonyl (C=O) groups is 3. The van der Waals surface area contributed by atoms with Crippen molar-refractivity contribution in [3.63, 3.8) is 0 Å². The van der Waals surface area contributed by atoms with E-state index < -0.39 is 17.8 Å². The Morgan fingerprint density at radius 2 is 1.66 bits per heavy atom. The molecule has 0 fully saturated rings. The summed E-state index contributed by atoms with van der Waals surface area (Å²) >= 11 is 2.08. The zero-order chi connectivity index (χ0) is 25.2. The van der Waals surface area contributed by atoms with E-state index in [1.807, 2.05) is 12.1 Å². The first-order valence-corrected chi connectivity index (χ1v) is 11.4. The number of hydrogen-bond donors (Lipinski definition) is 2. The first-order valence-electron chi connectivity index (χ1n) is 10.3. The zero-order valence-corrected chi connectivity index (χ0v) is 21.1. The normalized spacial score (nSPS) is 10.5. The number of nitrogens with one attached hydrogen (secondary N) is 2. The van der Waals surface area contributed by atoms with Crippen LogP contribution < -0.4 is 25.0 Å². The summed E-state index contributed by atoms with van der Waals surface area (Å²) in [7, 11) is 2.97. The van der Waals surface area contributed by atoms with Gasteiger partial charge in [-0.05, 0) is 82.8 Å². The molecule has 0 atom stereocenters. The Kier molecular flexibility index (Phi) is 9.18. The molecule has 0 saturated carbocycles. The van der Waals surface area contributed by atoms with Gasteiger partial charge in [-0.15, -0.1) is 0 Å². The molecule has 0 saturated heterocycles. The fourth-order valence-electron chi connectivity index (χ4n) is 2.87. The van der Waals surface area contributed by atoms with E-state index >= 15 is 0 Å². The number of rotatable bonds is 9. The number of ether oxygens (including phenoxy) is 3. The number of hydrazone groups is 1. The molecule has 10 heteroatoms. The van der Waals surface area contributed by atoms with Crippen molar-refractivity contribution in [1.82, 2.24) is 10.7 Å². The summed E-state index contributed by atoms with van der Waals surface area (Å²) in [6.07, 6.45) is 1.43. The van der Waals surface area contributed by atoms with Crippen LogP contribution in [0.1, 0.15) is 26.3 Å². The van der Waals surface area contributed by atoms with Gasteiger partial charge in [-0.3, -0.25) is 9.59 Å². The first-order chi connectivity index (χ1) is 16.9. The fourth-order valence-corrected chi connectivity index (χ4v) is 3.48. The molecule has 2 N–H and O–H groups in total. The molecule has 35 heavy (non-hydrogen) atoms. The lowest BCUT2D eigenvalue weighted by molar-refractivity contribution is -0.120. The monoisotopic (exact) mass is 587 g/mol. The Balaban J connectivity index is 1.47. The van der Waals surface area contributed by atoms with Gasteiger partial charge in [-0.25, -0.2) is 10.2 Å². The van der Waals surface area contributed by atoms with Crippen molar-refractivity contribution in [3.05, 3.63) is 87.0 Å². The molecule has 3 aromatic carbocycles. The van der Waals surface area contributed by atoms with Crippen LogP contribution in [0.15, 0.2) is 71.8 Å². The molecule has 0 aliphatic rings. The molecular formula is C25H22IN3O6. The minimum absolute atomic E-state index is 0.266. The van der Waals surface area contributed by atoms with E-state index in [1.54, 1.807) is 48.5 Å². The number of esters is 1. The van der Waals surface area contributed by atoms with Crippen LogP contribution in [0.25, 0.3) is 0 Å². The van der Waals surface area contributed by atoms with Gasteiger partial charge in [0.1, 0.15) is 5.75 Å². The van der Waals surface area contributed by atoms with Crippen LogP contribution in [0.4, 0.5) is 0 Å². The molecule has 2 amide bonds. The number of carbonyl (C=O) groups excluding carboxylic acids is 3. The summed E-state index contributed by atoms with van der Waals surface area (Å²) in [6.45, 7) is -0.266. The smallest absolute Gasteiger partial charge is 0.344 e. The Morgan fingerprint density at radius 1 is 0.943 bits per heavy atom. The lowest BCUT2D eigenvalue weighted by atomic mass is 10.2. The molecule has 180 valence electrons. The Morgan fingerprint density at radius 3 is 2.34 bits per heavy atom. The quantitative estimate of drug-likeness (QED) is 0.130. The topological polar surface area (TPSA) is 115 Å². The zero-order valence-electron chi connectivity index (χ0n) is 18.9. The average molecular weight is 587 g/mol. The highest BCUT2D eigenvalue weighted by atomic mass is 127. The predicted octanol–water partition coefficient (Wildman–Crippen LogP) is 3.41. The summed E-state index contributed by atoms with van der Waals surface area (Å²) in [5.74, 6) is -0.107. The number of benzene rings is 3. The molecule has 0 radical (unpaired) electrons. The van der Waals surface area contributed by atoms with Crippen LogP contribution in [-0.2, 0) is 4.79 Å². The highest BCUT2D eigenvalue weighted by molar-refractivity contribution is 14.1. The molecule has 3 aromatic rings. The van der Waals surface area contributed by atoms with Crippen molar-refractivity contribution in [2.75, 3.05) is 20.8 Å². The second-order valence-electron chi connectivity index (χ2n) is 6.98. The van der Waals surface area contributed by atoms with Crippen LogP contribution in [0, 0.1) is 3.57 Å². The minimum atomic E-state index is -0.502. The van der Waals surface area contributed by atoms with E-state index in [4.69, 9.17) is 14.2 Å². The highest BCUT2D eigenvalue weighted by Gasteiger charge is 2.13. The van der Waals surface area contributed by atoms with E-state index in [1.165, 1.54) is 26.5 Å². The first kappa shape index (κ1) is 25.7. The van der Waals surface area contributed by atoms with Crippen molar-refractivity contribution in [1.29, 1.82) is 0 Å². The van der Waals surface area contributed by atoms with Gasteiger partial charge in [-0.1, -0.05) is 12.1 Å². The van der Waals surface area contributed by atoms with Crippen molar-refractivity contribution >= 4 is 46.6 Å². The number of halogens is 1. The molecule has 0 bridgehead atoms. The maximum atomic E-state index is 12.3. The van der Waals surface area contributed by atoms with Gasteiger partial charge in [0, 0.05) is 9.13 Å². The highest BCUT2D eigenvalue weighted by Crippen LogP contribution is 2.27. The van der Waals surface area contributed by atoms with Crippen molar-refractivity contribution < 1.29 is 28.6 Å². The largest absolute Gasteiger partial charge is 0.493 e. The average Bonchev–Trinajstić information content (AvgIpc) is 2.88. The molecule has 0 spiro atoms. The van der Waals surface area contributed by atoms with Crippen molar-refractivity contribution in [3.8, 4) is 17.2 Å². The van der Waals surface area contributed by atoms with Gasteiger partial charge in [0.25, 0.3) is 11.8 Å². The number of methoxy groups -OCH3 is 2. The summed E-state index contributed by atoms with van der Waals surface area (Å²) in [5, 5.41) is 6.38. The molecule has 0 aliphatic carbocycles. The molecule has 9 nitrogen and oxygen atoms in total. The van der Waals surface area contributed by atoms with Gasteiger partial charge >= 0.3 is 5.97 Å². The van der Waals surface area contributed by atoms with Crippen LogP contribution >= 0.6 is 22.6 Å². The third-order valence-corrected chi connectivity index (χ3v) is 5.58. The second kappa shape index (κ2) is 12.5. The maximum Gasteiger partial charge on any atom is 0.344 e. The lowest BCUT2D eigenvalue weighted by Crippen LogP contribution is -2.34. The van der Waals surface area contributed by atoms with E-state index in [0.717, 1.165) is 3.57 Å². The minimum Gasteiger partial charge on any atom is -0.493 e. The molecule has 0 aliphatic heterocycles.